The number of benzene rings is 1. The molecule has 18 heavy (non-hydrogen) atoms. The third-order valence-corrected chi connectivity index (χ3v) is 4.22. The molecule has 1 aliphatic rings. The summed E-state index contributed by atoms with van der Waals surface area (Å²) < 4.78 is 7.22. The molecule has 0 bridgehead atoms. The topological polar surface area (TPSA) is 21.3 Å². The van der Waals surface area contributed by atoms with Gasteiger partial charge in [0.15, 0.2) is 0 Å². The van der Waals surface area contributed by atoms with Crippen LogP contribution in [0.1, 0.15) is 31.7 Å². The van der Waals surface area contributed by atoms with Crippen molar-refractivity contribution in [2.24, 2.45) is 0 Å². The summed E-state index contributed by atoms with van der Waals surface area (Å²) >= 11 is 2.35. The molecule has 100 valence electrons. The van der Waals surface area contributed by atoms with Gasteiger partial charge in [0.2, 0.25) is 0 Å². The van der Waals surface area contributed by atoms with Crippen LogP contribution in [0.15, 0.2) is 24.3 Å². The first-order valence-electron chi connectivity index (χ1n) is 6.89. The molecule has 2 nitrogen and oxygen atoms in total. The van der Waals surface area contributed by atoms with E-state index in [2.05, 4.69) is 59.1 Å². The zero-order chi connectivity index (χ0) is 12.8. The van der Waals surface area contributed by atoms with Crippen molar-refractivity contribution in [3.8, 4) is 0 Å². The molecule has 3 heteroatoms. The maximum absolute atomic E-state index is 5.92. The highest BCUT2D eigenvalue weighted by molar-refractivity contribution is 14.1. The maximum atomic E-state index is 5.92. The molecule has 2 atom stereocenters. The summed E-state index contributed by atoms with van der Waals surface area (Å²) in [5.41, 5.74) is 1.40. The number of rotatable bonds is 5. The average Bonchev–Trinajstić information content (AvgIpc) is 2.42. The van der Waals surface area contributed by atoms with E-state index in [1.165, 1.54) is 28.4 Å². The third-order valence-electron chi connectivity index (χ3n) is 3.50. The Hall–Kier alpha value is -0.130. The zero-order valence-corrected chi connectivity index (χ0v) is 13.2. The third kappa shape index (κ3) is 4.21. The predicted octanol–water partition coefficient (Wildman–Crippen LogP) is 3.38. The van der Waals surface area contributed by atoms with E-state index in [1.54, 1.807) is 0 Å². The average molecular weight is 359 g/mol. The summed E-state index contributed by atoms with van der Waals surface area (Å²) in [5.74, 6) is 0. The normalized spacial score (nSPS) is 21.8. The molecule has 0 aliphatic carbocycles. The van der Waals surface area contributed by atoms with Crippen LogP contribution in [0, 0.1) is 3.57 Å². The van der Waals surface area contributed by atoms with E-state index in [9.17, 15) is 0 Å². The van der Waals surface area contributed by atoms with Gasteiger partial charge in [0, 0.05) is 16.2 Å². The molecule has 2 rings (SSSR count). The second-order valence-electron chi connectivity index (χ2n) is 4.90. The first-order chi connectivity index (χ1) is 8.79. The van der Waals surface area contributed by atoms with E-state index < -0.39 is 0 Å². The van der Waals surface area contributed by atoms with Gasteiger partial charge in [-0.3, -0.25) is 0 Å². The van der Waals surface area contributed by atoms with Crippen molar-refractivity contribution in [1.82, 2.24) is 5.32 Å². The Bertz CT molecular complexity index is 346. The first kappa shape index (κ1) is 14.3. The van der Waals surface area contributed by atoms with E-state index in [0.717, 1.165) is 19.6 Å². The van der Waals surface area contributed by atoms with Gasteiger partial charge >= 0.3 is 0 Å². The highest BCUT2D eigenvalue weighted by atomic mass is 127. The number of likely N-dealkylation sites (N-methyl/N-ethyl adjacent to an activating group) is 1. The van der Waals surface area contributed by atoms with Gasteiger partial charge in [0.05, 0.1) is 6.10 Å². The molecule has 1 fully saturated rings. The molecule has 0 spiro atoms. The summed E-state index contributed by atoms with van der Waals surface area (Å²) in [6, 6.07) is 9.28. The van der Waals surface area contributed by atoms with Crippen LogP contribution in [-0.2, 0) is 11.2 Å². The number of nitrogens with one attached hydrogen (secondary N) is 1. The minimum Gasteiger partial charge on any atom is -0.377 e. The van der Waals surface area contributed by atoms with Crippen molar-refractivity contribution < 1.29 is 4.74 Å². The molecular formula is C15H22INO. The Kier molecular flexibility index (Phi) is 5.92. The molecule has 2 unspecified atom stereocenters. The van der Waals surface area contributed by atoms with Gasteiger partial charge in [-0.15, -0.1) is 0 Å². The highest BCUT2D eigenvalue weighted by Crippen LogP contribution is 2.19. The second-order valence-corrected chi connectivity index (χ2v) is 6.15. The van der Waals surface area contributed by atoms with Gasteiger partial charge in [-0.1, -0.05) is 19.1 Å². The fourth-order valence-electron chi connectivity index (χ4n) is 2.55. The van der Waals surface area contributed by atoms with Crippen molar-refractivity contribution in [2.45, 2.75) is 44.8 Å². The zero-order valence-electron chi connectivity index (χ0n) is 11.0. The summed E-state index contributed by atoms with van der Waals surface area (Å²) in [6.07, 6.45) is 5.17. The fourth-order valence-corrected chi connectivity index (χ4v) is 2.91. The number of hydrogen-bond acceptors (Lipinski definition) is 2. The van der Waals surface area contributed by atoms with Crippen LogP contribution in [0.5, 0.6) is 0 Å². The van der Waals surface area contributed by atoms with E-state index in [-0.39, 0.29) is 0 Å². The molecule has 1 N–H and O–H groups in total. The highest BCUT2D eigenvalue weighted by Gasteiger charge is 2.23. The Morgan fingerprint density at radius 1 is 1.33 bits per heavy atom. The van der Waals surface area contributed by atoms with Gasteiger partial charge in [-0.25, -0.2) is 0 Å². The van der Waals surface area contributed by atoms with Crippen molar-refractivity contribution >= 4 is 22.6 Å². The molecule has 0 radical (unpaired) electrons. The van der Waals surface area contributed by atoms with Crippen molar-refractivity contribution in [3.63, 3.8) is 0 Å². The van der Waals surface area contributed by atoms with E-state index in [0.29, 0.717) is 12.1 Å². The Labute approximate surface area is 124 Å². The molecule has 1 aromatic rings. The molecule has 0 amide bonds. The van der Waals surface area contributed by atoms with Crippen LogP contribution in [0.3, 0.4) is 0 Å². The molecule has 1 saturated heterocycles. The molecule has 1 aromatic carbocycles. The standard InChI is InChI=1S/C15H22INO/c1-2-17-14(15-5-3-4-10-18-15)11-12-6-8-13(16)9-7-12/h6-9,14-15,17H,2-5,10-11H2,1H3. The lowest BCUT2D eigenvalue weighted by Gasteiger charge is -2.31. The number of ether oxygens (including phenoxy) is 1. The largest absolute Gasteiger partial charge is 0.377 e. The van der Waals surface area contributed by atoms with Crippen LogP contribution in [0.25, 0.3) is 0 Å². The monoisotopic (exact) mass is 359 g/mol. The Morgan fingerprint density at radius 2 is 2.11 bits per heavy atom. The summed E-state index contributed by atoms with van der Waals surface area (Å²) in [4.78, 5) is 0. The fraction of sp³-hybridized carbons (Fsp3) is 0.600. The van der Waals surface area contributed by atoms with Crippen LogP contribution >= 0.6 is 22.6 Å². The van der Waals surface area contributed by atoms with Crippen molar-refractivity contribution in [2.75, 3.05) is 13.2 Å². The van der Waals surface area contributed by atoms with Gasteiger partial charge < -0.3 is 10.1 Å². The predicted molar refractivity (Wildman–Crippen MR) is 83.9 cm³/mol. The summed E-state index contributed by atoms with van der Waals surface area (Å²) in [5, 5.41) is 3.59. The smallest absolute Gasteiger partial charge is 0.0731 e. The van der Waals surface area contributed by atoms with Crippen molar-refractivity contribution in [1.29, 1.82) is 0 Å². The SMILES string of the molecule is CCNC(Cc1ccc(I)cc1)C1CCCCO1. The van der Waals surface area contributed by atoms with Gasteiger partial charge in [0.1, 0.15) is 0 Å². The molecule has 1 heterocycles. The van der Waals surface area contributed by atoms with E-state index in [1.807, 2.05) is 0 Å². The van der Waals surface area contributed by atoms with Gasteiger partial charge in [-0.05, 0) is 72.5 Å². The number of halogens is 1. The minimum atomic E-state index is 0.387. The quantitative estimate of drug-likeness (QED) is 0.814. The summed E-state index contributed by atoms with van der Waals surface area (Å²) in [7, 11) is 0. The molecule has 0 aromatic heterocycles. The number of hydrogen-bond donors (Lipinski definition) is 1. The van der Waals surface area contributed by atoms with Crippen LogP contribution in [-0.4, -0.2) is 25.3 Å². The Morgan fingerprint density at radius 3 is 2.72 bits per heavy atom. The molecule has 1 aliphatic heterocycles. The van der Waals surface area contributed by atoms with Crippen LogP contribution < -0.4 is 5.32 Å². The first-order valence-corrected chi connectivity index (χ1v) is 7.97. The lowest BCUT2D eigenvalue weighted by molar-refractivity contribution is -0.00709. The van der Waals surface area contributed by atoms with Crippen molar-refractivity contribution in [3.05, 3.63) is 33.4 Å². The van der Waals surface area contributed by atoms with Gasteiger partial charge in [-0.2, -0.15) is 0 Å². The maximum Gasteiger partial charge on any atom is 0.0731 e. The van der Waals surface area contributed by atoms with Crippen LogP contribution in [0.2, 0.25) is 0 Å². The van der Waals surface area contributed by atoms with E-state index >= 15 is 0 Å². The minimum absolute atomic E-state index is 0.387. The van der Waals surface area contributed by atoms with E-state index in [4.69, 9.17) is 4.74 Å². The second kappa shape index (κ2) is 7.46. The lowest BCUT2D eigenvalue weighted by Crippen LogP contribution is -2.44. The Balaban J connectivity index is 1.98. The van der Waals surface area contributed by atoms with Gasteiger partial charge in [0.25, 0.3) is 0 Å². The summed E-state index contributed by atoms with van der Waals surface area (Å²) in [6.45, 7) is 4.11. The lowest BCUT2D eigenvalue weighted by atomic mass is 9.96. The van der Waals surface area contributed by atoms with Crippen LogP contribution in [0.4, 0.5) is 0 Å². The molecule has 0 saturated carbocycles. The molecular weight excluding hydrogens is 337 g/mol.